The number of rotatable bonds is 6. The molecule has 1 rings (SSSR count). The largest absolute Gasteiger partial charge is 0.396 e. The highest BCUT2D eigenvalue weighted by molar-refractivity contribution is 5.48. The molecule has 0 saturated carbocycles. The molecule has 0 saturated heterocycles. The van der Waals surface area contributed by atoms with Crippen LogP contribution in [0.25, 0.3) is 0 Å². The first kappa shape index (κ1) is 12.7. The first-order valence-corrected chi connectivity index (χ1v) is 5.59. The smallest absolute Gasteiger partial charge is 0.134 e. The zero-order valence-corrected chi connectivity index (χ0v) is 10.2. The van der Waals surface area contributed by atoms with E-state index in [2.05, 4.69) is 15.3 Å². The Kier molecular flexibility index (Phi) is 4.98. The Morgan fingerprint density at radius 3 is 2.81 bits per heavy atom. The lowest BCUT2D eigenvalue weighted by molar-refractivity contribution is 0.290. The van der Waals surface area contributed by atoms with Gasteiger partial charge >= 0.3 is 0 Å². The van der Waals surface area contributed by atoms with E-state index in [-0.39, 0.29) is 6.61 Å². The molecule has 0 bridgehead atoms. The van der Waals surface area contributed by atoms with Gasteiger partial charge in [-0.05, 0) is 20.3 Å². The maximum atomic E-state index is 8.78. The zero-order chi connectivity index (χ0) is 12.0. The summed E-state index contributed by atoms with van der Waals surface area (Å²) in [7, 11) is 1.97. The Morgan fingerprint density at radius 1 is 1.44 bits per heavy atom. The number of nitrogens with one attached hydrogen (secondary N) is 1. The quantitative estimate of drug-likeness (QED) is 0.756. The summed E-state index contributed by atoms with van der Waals surface area (Å²) in [6, 6.07) is 1.92. The fourth-order valence-electron chi connectivity index (χ4n) is 1.44. The summed E-state index contributed by atoms with van der Waals surface area (Å²) in [6.07, 6.45) is 0.746. The molecule has 0 aliphatic rings. The topological polar surface area (TPSA) is 61.3 Å². The van der Waals surface area contributed by atoms with E-state index in [1.165, 1.54) is 0 Å². The summed E-state index contributed by atoms with van der Waals surface area (Å²) in [4.78, 5) is 10.7. The van der Waals surface area contributed by atoms with Gasteiger partial charge < -0.3 is 15.3 Å². The maximum Gasteiger partial charge on any atom is 0.134 e. The minimum atomic E-state index is 0.203. The third-order valence-electron chi connectivity index (χ3n) is 2.23. The predicted molar refractivity (Wildman–Crippen MR) is 65.9 cm³/mol. The summed E-state index contributed by atoms with van der Waals surface area (Å²) < 4.78 is 0. The molecule has 5 nitrogen and oxygen atoms in total. The third kappa shape index (κ3) is 3.66. The summed E-state index contributed by atoms with van der Waals surface area (Å²) in [6.45, 7) is 5.75. The van der Waals surface area contributed by atoms with Gasteiger partial charge in [-0.2, -0.15) is 0 Å². The van der Waals surface area contributed by atoms with Crippen LogP contribution in [0.2, 0.25) is 0 Å². The molecule has 0 amide bonds. The lowest BCUT2D eigenvalue weighted by atomic mass is 10.4. The molecule has 0 atom stereocenters. The molecule has 5 heteroatoms. The van der Waals surface area contributed by atoms with E-state index in [9.17, 15) is 0 Å². The van der Waals surface area contributed by atoms with Crippen molar-refractivity contribution in [1.82, 2.24) is 9.97 Å². The zero-order valence-electron chi connectivity index (χ0n) is 10.2. The number of anilines is 2. The van der Waals surface area contributed by atoms with Crippen LogP contribution >= 0.6 is 0 Å². The van der Waals surface area contributed by atoms with E-state index in [1.807, 2.05) is 31.9 Å². The molecular weight excluding hydrogens is 204 g/mol. The molecule has 0 unspecified atom stereocenters. The summed E-state index contributed by atoms with van der Waals surface area (Å²) in [5.74, 6) is 2.49. The third-order valence-corrected chi connectivity index (χ3v) is 2.23. The van der Waals surface area contributed by atoms with E-state index in [4.69, 9.17) is 5.11 Å². The first-order valence-electron chi connectivity index (χ1n) is 5.59. The van der Waals surface area contributed by atoms with Gasteiger partial charge in [-0.3, -0.25) is 0 Å². The summed E-state index contributed by atoms with van der Waals surface area (Å²) in [5, 5.41) is 12.0. The fourth-order valence-corrected chi connectivity index (χ4v) is 1.44. The van der Waals surface area contributed by atoms with Crippen LogP contribution in [-0.4, -0.2) is 41.8 Å². The number of aryl methyl sites for hydroxylation is 1. The minimum Gasteiger partial charge on any atom is -0.396 e. The van der Waals surface area contributed by atoms with Crippen molar-refractivity contribution < 1.29 is 5.11 Å². The van der Waals surface area contributed by atoms with E-state index in [1.54, 1.807) is 0 Å². The Hall–Kier alpha value is -1.36. The number of hydrogen-bond donors (Lipinski definition) is 2. The molecule has 0 aromatic carbocycles. The highest BCUT2D eigenvalue weighted by atomic mass is 16.3. The number of nitrogens with zero attached hydrogens (tertiary/aromatic N) is 3. The van der Waals surface area contributed by atoms with Crippen molar-refractivity contribution in [3.05, 3.63) is 11.9 Å². The van der Waals surface area contributed by atoms with Crippen LogP contribution in [-0.2, 0) is 0 Å². The average molecular weight is 224 g/mol. The molecule has 90 valence electrons. The van der Waals surface area contributed by atoms with Gasteiger partial charge in [0.15, 0.2) is 0 Å². The Balaban J connectivity index is 2.78. The summed E-state index contributed by atoms with van der Waals surface area (Å²) in [5.41, 5.74) is 0. The van der Waals surface area contributed by atoms with Crippen LogP contribution in [0.4, 0.5) is 11.6 Å². The predicted octanol–water partition coefficient (Wildman–Crippen LogP) is 1.04. The van der Waals surface area contributed by atoms with Gasteiger partial charge in [0.25, 0.3) is 0 Å². The first-order chi connectivity index (χ1) is 7.67. The molecule has 2 N–H and O–H groups in total. The Morgan fingerprint density at radius 2 is 2.19 bits per heavy atom. The molecule has 0 radical (unpaired) electrons. The van der Waals surface area contributed by atoms with Crippen molar-refractivity contribution in [1.29, 1.82) is 0 Å². The molecule has 0 aliphatic carbocycles. The van der Waals surface area contributed by atoms with Crippen LogP contribution in [0.15, 0.2) is 6.07 Å². The highest BCUT2D eigenvalue weighted by Gasteiger charge is 2.05. The number of aromatic nitrogens is 2. The van der Waals surface area contributed by atoms with Crippen molar-refractivity contribution in [2.45, 2.75) is 20.3 Å². The van der Waals surface area contributed by atoms with Gasteiger partial charge in [0.05, 0.1) is 0 Å². The Bertz CT molecular complexity index is 330. The van der Waals surface area contributed by atoms with Crippen molar-refractivity contribution >= 4 is 11.6 Å². The van der Waals surface area contributed by atoms with Crippen LogP contribution in [0.3, 0.4) is 0 Å². The second-order valence-corrected chi connectivity index (χ2v) is 3.69. The van der Waals surface area contributed by atoms with Crippen molar-refractivity contribution in [2.75, 3.05) is 37.0 Å². The maximum absolute atomic E-state index is 8.78. The van der Waals surface area contributed by atoms with Crippen LogP contribution in [0, 0.1) is 6.92 Å². The average Bonchev–Trinajstić information content (AvgIpc) is 2.25. The molecule has 16 heavy (non-hydrogen) atoms. The minimum absolute atomic E-state index is 0.203. The van der Waals surface area contributed by atoms with Crippen LogP contribution in [0.1, 0.15) is 19.2 Å². The number of hydrogen-bond acceptors (Lipinski definition) is 5. The van der Waals surface area contributed by atoms with E-state index in [0.29, 0.717) is 0 Å². The van der Waals surface area contributed by atoms with Crippen LogP contribution < -0.4 is 10.2 Å². The Labute approximate surface area is 96.5 Å². The molecule has 1 aromatic rings. The van der Waals surface area contributed by atoms with E-state index >= 15 is 0 Å². The van der Waals surface area contributed by atoms with Gasteiger partial charge in [0.1, 0.15) is 17.5 Å². The van der Waals surface area contributed by atoms with Crippen molar-refractivity contribution in [2.24, 2.45) is 0 Å². The van der Waals surface area contributed by atoms with Crippen LogP contribution in [0.5, 0.6) is 0 Å². The normalized spacial score (nSPS) is 10.2. The molecule has 0 aliphatic heterocycles. The SMILES string of the molecule is CCNc1cc(N(C)CCCO)nc(C)n1. The lowest BCUT2D eigenvalue weighted by Gasteiger charge is -2.18. The summed E-state index contributed by atoms with van der Waals surface area (Å²) >= 11 is 0. The van der Waals surface area contributed by atoms with Gasteiger partial charge in [-0.1, -0.05) is 0 Å². The standard InChI is InChI=1S/C11H20N4O/c1-4-12-10-8-11(14-9(2)13-10)15(3)6-5-7-16/h8,16H,4-7H2,1-3H3,(H,12,13,14). The van der Waals surface area contributed by atoms with Gasteiger partial charge in [-0.15, -0.1) is 0 Å². The number of aliphatic hydroxyl groups is 1. The molecular formula is C11H20N4O. The van der Waals surface area contributed by atoms with Crippen molar-refractivity contribution in [3.63, 3.8) is 0 Å². The van der Waals surface area contributed by atoms with E-state index in [0.717, 1.165) is 37.0 Å². The van der Waals surface area contributed by atoms with Gasteiger partial charge in [0, 0.05) is 32.8 Å². The van der Waals surface area contributed by atoms with Gasteiger partial charge in [-0.25, -0.2) is 9.97 Å². The second kappa shape index (κ2) is 6.27. The van der Waals surface area contributed by atoms with E-state index < -0.39 is 0 Å². The highest BCUT2D eigenvalue weighted by Crippen LogP contribution is 2.14. The molecule has 0 spiro atoms. The monoisotopic (exact) mass is 224 g/mol. The van der Waals surface area contributed by atoms with Gasteiger partial charge in [0.2, 0.25) is 0 Å². The number of aliphatic hydroxyl groups excluding tert-OH is 1. The lowest BCUT2D eigenvalue weighted by Crippen LogP contribution is -2.21. The molecule has 1 aromatic heterocycles. The fraction of sp³-hybridized carbons (Fsp3) is 0.636. The second-order valence-electron chi connectivity index (χ2n) is 3.69. The molecule has 0 fully saturated rings. The molecule has 1 heterocycles. The van der Waals surface area contributed by atoms with Crippen molar-refractivity contribution in [3.8, 4) is 0 Å².